The molecule has 6 nitrogen and oxygen atoms in total. The van der Waals surface area contributed by atoms with Crippen molar-refractivity contribution in [2.24, 2.45) is 0 Å². The zero-order valence-electron chi connectivity index (χ0n) is 20.8. The maximum Gasteiger partial charge on any atom is 0.196 e. The van der Waals surface area contributed by atoms with Gasteiger partial charge in [0.2, 0.25) is 0 Å². The van der Waals surface area contributed by atoms with Crippen LogP contribution in [0.4, 0.5) is 0 Å². The van der Waals surface area contributed by atoms with Gasteiger partial charge in [0.1, 0.15) is 30.5 Å². The lowest BCUT2D eigenvalue weighted by Crippen LogP contribution is -2.37. The number of rotatable bonds is 9. The number of hydrogen-bond acceptors (Lipinski definition) is 6. The Morgan fingerprint density at radius 1 is 0.892 bits per heavy atom. The van der Waals surface area contributed by atoms with Crippen LogP contribution in [-0.2, 0) is 11.3 Å². The molecular weight excluding hydrogens is 490 g/mol. The molecule has 1 fully saturated rings. The highest BCUT2D eigenvalue weighted by Crippen LogP contribution is 2.32. The Balaban J connectivity index is 0.00000320. The number of fused-ring (bicyclic) bond motifs is 1. The van der Waals surface area contributed by atoms with Gasteiger partial charge in [0.05, 0.1) is 25.4 Å². The molecule has 0 unspecified atom stereocenters. The van der Waals surface area contributed by atoms with Gasteiger partial charge >= 0.3 is 0 Å². The molecule has 0 aromatic heterocycles. The zero-order valence-corrected chi connectivity index (χ0v) is 21.6. The first-order chi connectivity index (χ1) is 17.7. The highest BCUT2D eigenvalue weighted by atomic mass is 35.5. The van der Waals surface area contributed by atoms with Crippen LogP contribution in [0.25, 0.3) is 6.08 Å². The molecule has 2 aliphatic heterocycles. The Bertz CT molecular complexity index is 1190. The summed E-state index contributed by atoms with van der Waals surface area (Å²) >= 11 is 0. The zero-order chi connectivity index (χ0) is 24.6. The minimum atomic E-state index is -0.0192. The van der Waals surface area contributed by atoms with E-state index in [4.69, 9.17) is 18.9 Å². The number of carbonyl (C=O) groups is 1. The van der Waals surface area contributed by atoms with E-state index >= 15 is 0 Å². The standard InChI is InChI=1S/C30H31NO5.ClH/c32-30-25(19-23-7-9-26(10-8-23)34-16-4-13-31-14-17-33-18-15-31)22-36-29-20-27(11-12-28(29)30)35-21-24-5-2-1-3-6-24;/h1-3,5-12,19-20H,4,13-18,21-22H2;1H/b25-19+;. The summed E-state index contributed by atoms with van der Waals surface area (Å²) in [6.07, 6.45) is 2.86. The van der Waals surface area contributed by atoms with E-state index in [1.807, 2.05) is 66.7 Å². The smallest absolute Gasteiger partial charge is 0.196 e. The summed E-state index contributed by atoms with van der Waals surface area (Å²) in [6.45, 7) is 6.04. The second-order valence-electron chi connectivity index (χ2n) is 8.94. The van der Waals surface area contributed by atoms with Crippen molar-refractivity contribution in [3.8, 4) is 17.2 Å². The Hall–Kier alpha value is -3.32. The second-order valence-corrected chi connectivity index (χ2v) is 8.94. The monoisotopic (exact) mass is 521 g/mol. The third-order valence-electron chi connectivity index (χ3n) is 6.33. The van der Waals surface area contributed by atoms with Gasteiger partial charge in [-0.2, -0.15) is 0 Å². The lowest BCUT2D eigenvalue weighted by Gasteiger charge is -2.26. The van der Waals surface area contributed by atoms with Crippen molar-refractivity contribution in [2.75, 3.05) is 46.1 Å². The number of benzene rings is 3. The molecule has 0 bridgehead atoms. The van der Waals surface area contributed by atoms with Crippen molar-refractivity contribution >= 4 is 24.3 Å². The van der Waals surface area contributed by atoms with E-state index in [0.29, 0.717) is 35.8 Å². The summed E-state index contributed by atoms with van der Waals surface area (Å²) in [6, 6.07) is 23.2. The van der Waals surface area contributed by atoms with Crippen LogP contribution in [0.5, 0.6) is 17.2 Å². The van der Waals surface area contributed by atoms with Gasteiger partial charge in [-0.1, -0.05) is 42.5 Å². The molecule has 5 rings (SSSR count). The third-order valence-corrected chi connectivity index (χ3v) is 6.33. The summed E-state index contributed by atoms with van der Waals surface area (Å²) in [5.41, 5.74) is 3.20. The fraction of sp³-hybridized carbons (Fsp3) is 0.300. The summed E-state index contributed by atoms with van der Waals surface area (Å²) in [4.78, 5) is 15.5. The minimum absolute atomic E-state index is 0. The van der Waals surface area contributed by atoms with E-state index in [1.54, 1.807) is 12.1 Å². The molecule has 37 heavy (non-hydrogen) atoms. The maximum atomic E-state index is 13.1. The van der Waals surface area contributed by atoms with Crippen molar-refractivity contribution in [3.05, 3.63) is 95.1 Å². The molecule has 1 saturated heterocycles. The van der Waals surface area contributed by atoms with Gasteiger partial charge in [0.15, 0.2) is 5.78 Å². The van der Waals surface area contributed by atoms with Gasteiger partial charge in [-0.15, -0.1) is 12.4 Å². The third kappa shape index (κ3) is 7.35. The van der Waals surface area contributed by atoms with Crippen LogP contribution in [0.2, 0.25) is 0 Å². The van der Waals surface area contributed by atoms with Gasteiger partial charge in [0.25, 0.3) is 0 Å². The normalized spacial score (nSPS) is 16.4. The van der Waals surface area contributed by atoms with Crippen LogP contribution in [0.3, 0.4) is 0 Å². The highest BCUT2D eigenvalue weighted by Gasteiger charge is 2.24. The van der Waals surface area contributed by atoms with E-state index in [-0.39, 0.29) is 24.8 Å². The van der Waals surface area contributed by atoms with Crippen LogP contribution in [0.15, 0.2) is 78.4 Å². The van der Waals surface area contributed by atoms with E-state index in [2.05, 4.69) is 4.90 Å². The van der Waals surface area contributed by atoms with E-state index in [9.17, 15) is 4.79 Å². The number of ketones is 1. The van der Waals surface area contributed by atoms with Gasteiger partial charge in [-0.05, 0) is 47.9 Å². The topological polar surface area (TPSA) is 57.2 Å². The van der Waals surface area contributed by atoms with Gasteiger partial charge in [-0.3, -0.25) is 9.69 Å². The number of ether oxygens (including phenoxy) is 4. The van der Waals surface area contributed by atoms with E-state index in [0.717, 1.165) is 56.1 Å². The molecule has 0 N–H and O–H groups in total. The largest absolute Gasteiger partial charge is 0.494 e. The fourth-order valence-corrected chi connectivity index (χ4v) is 4.31. The first-order valence-corrected chi connectivity index (χ1v) is 12.5. The molecule has 0 radical (unpaired) electrons. The number of halogens is 1. The van der Waals surface area contributed by atoms with Crippen LogP contribution >= 0.6 is 12.4 Å². The molecule has 2 heterocycles. The Morgan fingerprint density at radius 2 is 1.65 bits per heavy atom. The van der Waals surface area contributed by atoms with Crippen LogP contribution in [0.1, 0.15) is 27.9 Å². The molecule has 2 aliphatic rings. The summed E-state index contributed by atoms with van der Waals surface area (Å²) in [5.74, 6) is 2.05. The van der Waals surface area contributed by atoms with E-state index in [1.165, 1.54) is 0 Å². The fourth-order valence-electron chi connectivity index (χ4n) is 4.31. The molecule has 0 aliphatic carbocycles. The molecular formula is C30H32ClNO5. The highest BCUT2D eigenvalue weighted by molar-refractivity contribution is 6.14. The second kappa shape index (κ2) is 13.3. The molecule has 3 aromatic carbocycles. The SMILES string of the molecule is Cl.O=C1/C(=C/c2ccc(OCCCN3CCOCC3)cc2)COc2cc(OCc3ccccc3)ccc21. The quantitative estimate of drug-likeness (QED) is 0.276. The number of morpholine rings is 1. The van der Waals surface area contributed by atoms with Crippen LogP contribution in [0, 0.1) is 0 Å². The maximum absolute atomic E-state index is 13.1. The molecule has 7 heteroatoms. The Kier molecular flexibility index (Phi) is 9.60. The lowest BCUT2D eigenvalue weighted by molar-refractivity contribution is 0.0358. The van der Waals surface area contributed by atoms with Gasteiger partial charge < -0.3 is 18.9 Å². The van der Waals surface area contributed by atoms with Crippen LogP contribution in [-0.4, -0.2) is 56.7 Å². The van der Waals surface area contributed by atoms with Crippen molar-refractivity contribution < 1.29 is 23.7 Å². The molecule has 0 spiro atoms. The first-order valence-electron chi connectivity index (χ1n) is 12.5. The first kappa shape index (κ1) is 26.7. The van der Waals surface area contributed by atoms with Crippen molar-refractivity contribution in [1.82, 2.24) is 4.90 Å². The predicted molar refractivity (Wildman–Crippen MR) is 146 cm³/mol. The van der Waals surface area contributed by atoms with Crippen LogP contribution < -0.4 is 14.2 Å². The Labute approximate surface area is 224 Å². The average molecular weight is 522 g/mol. The number of Topliss-reactive ketones (excluding diaryl/α,β-unsaturated/α-hetero) is 1. The molecule has 3 aromatic rings. The summed E-state index contributed by atoms with van der Waals surface area (Å²) in [5, 5.41) is 0. The van der Waals surface area contributed by atoms with Gasteiger partial charge in [-0.25, -0.2) is 0 Å². The van der Waals surface area contributed by atoms with Crippen molar-refractivity contribution in [1.29, 1.82) is 0 Å². The van der Waals surface area contributed by atoms with Crippen molar-refractivity contribution in [3.63, 3.8) is 0 Å². The van der Waals surface area contributed by atoms with Crippen molar-refractivity contribution in [2.45, 2.75) is 13.0 Å². The number of nitrogens with zero attached hydrogens (tertiary/aromatic N) is 1. The number of hydrogen-bond donors (Lipinski definition) is 0. The number of carbonyl (C=O) groups excluding carboxylic acids is 1. The van der Waals surface area contributed by atoms with E-state index < -0.39 is 0 Å². The lowest BCUT2D eigenvalue weighted by atomic mass is 9.98. The summed E-state index contributed by atoms with van der Waals surface area (Å²) in [7, 11) is 0. The van der Waals surface area contributed by atoms with Gasteiger partial charge in [0, 0.05) is 31.3 Å². The average Bonchev–Trinajstić information content (AvgIpc) is 2.93. The predicted octanol–water partition coefficient (Wildman–Crippen LogP) is 5.45. The molecule has 0 saturated carbocycles. The minimum Gasteiger partial charge on any atom is -0.494 e. The molecule has 0 atom stereocenters. The molecule has 194 valence electrons. The molecule has 0 amide bonds. The summed E-state index contributed by atoms with van der Waals surface area (Å²) < 4.78 is 23.0. The Morgan fingerprint density at radius 3 is 2.43 bits per heavy atom.